The molecule has 0 saturated heterocycles. The van der Waals surface area contributed by atoms with Crippen LogP contribution in [0.15, 0.2) is 36.4 Å². The second-order valence-corrected chi connectivity index (χ2v) is 24.0. The van der Waals surface area contributed by atoms with Gasteiger partial charge in [-0.05, 0) is 80.3 Å². The van der Waals surface area contributed by atoms with Gasteiger partial charge in [-0.25, -0.2) is 9.18 Å². The molecule has 0 unspecified atom stereocenters. The molecule has 7 rings (SSSR count). The molecule has 4 heterocycles. The summed E-state index contributed by atoms with van der Waals surface area (Å²) in [6.45, 7) is 12.7. The number of carbonyl (C=O) groups excluding carboxylic acids is 1. The number of rotatable bonds is 33. The standard InChI is InChI=1S/C59H79FO4S4/c1-6-9-12-15-18-20-22-24-27-29-32-62-54-45-36-43-35-41(4)65-49(43)39-47(45)55(63-33-30-28-25-23-21-19-16-13-10-7-2)46-37-44-38-51(67-50(44)40-48(46)54)57-52-53(60)58(68-56(52)42(5)66-57)59(61)64-34-31-26-17-14-11-8-3/h35-40H,6-34H2,1-5H3. The zero-order chi connectivity index (χ0) is 47.7. The molecular weight excluding hydrogens is 920 g/mol. The second-order valence-electron chi connectivity index (χ2n) is 19.4. The van der Waals surface area contributed by atoms with Crippen LogP contribution in [-0.2, 0) is 4.74 Å². The van der Waals surface area contributed by atoms with E-state index in [1.54, 1.807) is 22.7 Å². The van der Waals surface area contributed by atoms with Crippen molar-refractivity contribution in [1.29, 1.82) is 0 Å². The first-order valence-electron chi connectivity index (χ1n) is 26.8. The summed E-state index contributed by atoms with van der Waals surface area (Å²) in [4.78, 5) is 17.5. The van der Waals surface area contributed by atoms with Gasteiger partial charge in [-0.15, -0.1) is 45.3 Å². The Kier molecular flexibility index (Phi) is 21.2. The Balaban J connectivity index is 1.17. The fraction of sp³-hybridized carbons (Fsp3) is 0.576. The predicted octanol–water partition coefficient (Wildman–Crippen LogP) is 21.2. The largest absolute Gasteiger partial charge is 0.492 e. The average molecular weight is 1000 g/mol. The Morgan fingerprint density at radius 2 is 0.912 bits per heavy atom. The third-order valence-corrected chi connectivity index (χ3v) is 18.5. The Hall–Kier alpha value is -3.24. The van der Waals surface area contributed by atoms with Crippen LogP contribution in [0, 0.1) is 19.7 Å². The third kappa shape index (κ3) is 13.8. The molecule has 370 valence electrons. The maximum absolute atomic E-state index is 16.5. The van der Waals surface area contributed by atoms with Crippen LogP contribution in [-0.4, -0.2) is 25.8 Å². The molecule has 68 heavy (non-hydrogen) atoms. The van der Waals surface area contributed by atoms with E-state index in [-0.39, 0.29) is 4.88 Å². The number of fused-ring (bicyclic) bond motifs is 5. The van der Waals surface area contributed by atoms with E-state index in [9.17, 15) is 4.79 Å². The van der Waals surface area contributed by atoms with Crippen LogP contribution in [0.5, 0.6) is 11.5 Å². The van der Waals surface area contributed by atoms with Crippen molar-refractivity contribution in [3.05, 3.63) is 56.8 Å². The van der Waals surface area contributed by atoms with E-state index < -0.39 is 11.8 Å². The number of unbranched alkanes of at least 4 members (excludes halogenated alkanes) is 23. The number of carbonyl (C=O) groups is 1. The molecule has 4 nitrogen and oxygen atoms in total. The summed E-state index contributed by atoms with van der Waals surface area (Å²) in [5.74, 6) is 0.865. The molecule has 7 aromatic rings. The van der Waals surface area contributed by atoms with Gasteiger partial charge in [-0.3, -0.25) is 0 Å². The van der Waals surface area contributed by atoms with E-state index in [4.69, 9.17) is 14.2 Å². The lowest BCUT2D eigenvalue weighted by Gasteiger charge is -2.19. The number of esters is 1. The molecule has 0 atom stereocenters. The zero-order valence-corrected chi connectivity index (χ0v) is 45.4. The molecule has 0 saturated carbocycles. The number of benzene rings is 3. The van der Waals surface area contributed by atoms with Gasteiger partial charge >= 0.3 is 5.97 Å². The Morgan fingerprint density at radius 1 is 0.485 bits per heavy atom. The lowest BCUT2D eigenvalue weighted by Crippen LogP contribution is -2.06. The topological polar surface area (TPSA) is 44.8 Å². The summed E-state index contributed by atoms with van der Waals surface area (Å²) < 4.78 is 39.3. The Bertz CT molecular complexity index is 2540. The normalized spacial score (nSPS) is 12.0. The van der Waals surface area contributed by atoms with Crippen molar-refractivity contribution < 1.29 is 23.4 Å². The molecule has 0 aliphatic carbocycles. The summed E-state index contributed by atoms with van der Waals surface area (Å²) in [5.41, 5.74) is 0. The van der Waals surface area contributed by atoms with Crippen molar-refractivity contribution in [3.8, 4) is 21.3 Å². The quantitative estimate of drug-likeness (QED) is 0.0234. The van der Waals surface area contributed by atoms with E-state index in [2.05, 4.69) is 64.1 Å². The van der Waals surface area contributed by atoms with Crippen molar-refractivity contribution in [2.45, 2.75) is 202 Å². The third-order valence-electron chi connectivity index (χ3n) is 13.7. The van der Waals surface area contributed by atoms with Crippen LogP contribution >= 0.6 is 45.3 Å². The van der Waals surface area contributed by atoms with Crippen molar-refractivity contribution in [2.75, 3.05) is 19.8 Å². The second kappa shape index (κ2) is 27.4. The van der Waals surface area contributed by atoms with Crippen LogP contribution < -0.4 is 9.47 Å². The van der Waals surface area contributed by atoms with E-state index >= 15 is 4.39 Å². The molecule has 0 aliphatic heterocycles. The lowest BCUT2D eigenvalue weighted by molar-refractivity contribution is 0.0499. The lowest BCUT2D eigenvalue weighted by atomic mass is 9.98. The number of hydrogen-bond acceptors (Lipinski definition) is 8. The minimum atomic E-state index is -0.548. The number of hydrogen-bond donors (Lipinski definition) is 0. The Labute approximate surface area is 423 Å². The summed E-state index contributed by atoms with van der Waals surface area (Å²) in [7, 11) is 0. The van der Waals surface area contributed by atoms with E-state index in [1.165, 1.54) is 161 Å². The summed E-state index contributed by atoms with van der Waals surface area (Å²) in [5, 5.41) is 7.24. The molecule has 4 aromatic heterocycles. The van der Waals surface area contributed by atoms with E-state index in [0.717, 1.165) is 94.6 Å². The average Bonchev–Trinajstić information content (AvgIpc) is 4.10. The molecule has 0 fully saturated rings. The number of ether oxygens (including phenoxy) is 3. The summed E-state index contributed by atoms with van der Waals surface area (Å²) in [6, 6.07) is 13.8. The van der Waals surface area contributed by atoms with Crippen molar-refractivity contribution >= 4 is 103 Å². The SMILES string of the molecule is CCCCCCCCCCCCOc1c2cc3cc(-c4sc(C)c5sc(C(=O)OCCCCCCCC)c(F)c45)sc3cc2c(OCCCCCCCCCCCC)c2cc3cc(C)sc3cc12. The predicted molar refractivity (Wildman–Crippen MR) is 299 cm³/mol. The first kappa shape index (κ1) is 52.6. The number of thiophene rings is 4. The van der Waals surface area contributed by atoms with Gasteiger partial charge in [-0.2, -0.15) is 0 Å². The van der Waals surface area contributed by atoms with Crippen LogP contribution in [0.3, 0.4) is 0 Å². The first-order chi connectivity index (χ1) is 33.3. The molecular formula is C59H79FO4S4. The fourth-order valence-electron chi connectivity index (χ4n) is 9.83. The molecule has 0 aliphatic rings. The minimum absolute atomic E-state index is 0.0835. The summed E-state index contributed by atoms with van der Waals surface area (Å²) >= 11 is 6.37. The van der Waals surface area contributed by atoms with Gasteiger partial charge in [0.05, 0.1) is 29.4 Å². The minimum Gasteiger partial charge on any atom is -0.492 e. The van der Waals surface area contributed by atoms with Crippen molar-refractivity contribution in [1.82, 2.24) is 0 Å². The van der Waals surface area contributed by atoms with E-state index in [1.807, 2.05) is 18.3 Å². The van der Waals surface area contributed by atoms with Gasteiger partial charge in [0.25, 0.3) is 0 Å². The molecule has 0 radical (unpaired) electrons. The van der Waals surface area contributed by atoms with Crippen LogP contribution in [0.4, 0.5) is 4.39 Å². The highest BCUT2D eigenvalue weighted by Gasteiger charge is 2.27. The van der Waals surface area contributed by atoms with Gasteiger partial charge in [-0.1, -0.05) is 168 Å². The smallest absolute Gasteiger partial charge is 0.351 e. The van der Waals surface area contributed by atoms with Crippen molar-refractivity contribution in [3.63, 3.8) is 0 Å². The van der Waals surface area contributed by atoms with Gasteiger partial charge in [0.15, 0.2) is 5.82 Å². The molecule has 3 aromatic carbocycles. The molecule has 0 amide bonds. The fourth-order valence-corrected chi connectivity index (χ4v) is 14.3. The monoisotopic (exact) mass is 998 g/mol. The molecule has 0 N–H and O–H groups in total. The Morgan fingerprint density at radius 3 is 1.41 bits per heavy atom. The summed E-state index contributed by atoms with van der Waals surface area (Å²) in [6.07, 6.45) is 32.2. The molecule has 0 bridgehead atoms. The molecule has 9 heteroatoms. The highest BCUT2D eigenvalue weighted by Crippen LogP contribution is 2.51. The molecule has 0 spiro atoms. The van der Waals surface area contributed by atoms with Crippen LogP contribution in [0.2, 0.25) is 0 Å². The number of aryl methyl sites for hydroxylation is 2. The van der Waals surface area contributed by atoms with Crippen LogP contribution in [0.25, 0.3) is 61.6 Å². The van der Waals surface area contributed by atoms with E-state index in [0.29, 0.717) is 25.2 Å². The maximum atomic E-state index is 16.5. The number of halogens is 1. The van der Waals surface area contributed by atoms with Gasteiger partial charge in [0.1, 0.15) is 16.4 Å². The first-order valence-corrected chi connectivity index (χ1v) is 30.1. The van der Waals surface area contributed by atoms with Crippen molar-refractivity contribution in [2.24, 2.45) is 0 Å². The zero-order valence-electron chi connectivity index (χ0n) is 42.1. The highest BCUT2D eigenvalue weighted by atomic mass is 32.1. The van der Waals surface area contributed by atoms with Crippen LogP contribution in [0.1, 0.15) is 207 Å². The van der Waals surface area contributed by atoms with Gasteiger partial charge < -0.3 is 14.2 Å². The maximum Gasteiger partial charge on any atom is 0.351 e. The highest BCUT2D eigenvalue weighted by molar-refractivity contribution is 7.30. The van der Waals surface area contributed by atoms with Gasteiger partial charge in [0.2, 0.25) is 0 Å². The van der Waals surface area contributed by atoms with Gasteiger partial charge in [0, 0.05) is 51.0 Å².